The summed E-state index contributed by atoms with van der Waals surface area (Å²) in [4.78, 5) is 7.48. The van der Waals surface area contributed by atoms with Crippen molar-refractivity contribution in [2.24, 2.45) is 0 Å². The lowest BCUT2D eigenvalue weighted by Crippen LogP contribution is -2.05. The predicted molar refractivity (Wildman–Crippen MR) is 35.2 cm³/mol. The highest BCUT2D eigenvalue weighted by Crippen LogP contribution is 1.92. The van der Waals surface area contributed by atoms with E-state index in [1.54, 1.807) is 6.20 Å². The molecule has 0 N–H and O–H groups in total. The van der Waals surface area contributed by atoms with Gasteiger partial charge in [-0.2, -0.15) is 0 Å². The molecule has 0 spiro atoms. The average molecular weight is 126 g/mol. The van der Waals surface area contributed by atoms with Crippen LogP contribution in [-0.4, -0.2) is 17.8 Å². The van der Waals surface area contributed by atoms with Crippen molar-refractivity contribution in [3.63, 3.8) is 0 Å². The molecule has 0 aliphatic carbocycles. The van der Waals surface area contributed by atoms with E-state index in [0.717, 1.165) is 5.46 Å². The summed E-state index contributed by atoms with van der Waals surface area (Å²) in [7, 11) is 1.86. The number of halogens is 1. The topological polar surface area (TPSA) is 25.8 Å². The minimum Gasteiger partial charge on any atom is -0.245 e. The van der Waals surface area contributed by atoms with Crippen molar-refractivity contribution in [3.05, 3.63) is 17.7 Å². The zero-order valence-electron chi connectivity index (χ0n) is 4.43. The standard InChI is InChI=1S/C4H4BClN2/c5-3-1-7-2-8-4(3)6/h1-2H,5H2. The van der Waals surface area contributed by atoms with Gasteiger partial charge in [0.2, 0.25) is 0 Å². The van der Waals surface area contributed by atoms with Crippen LogP contribution in [0.1, 0.15) is 0 Å². The summed E-state index contributed by atoms with van der Waals surface area (Å²) in [6, 6.07) is 0. The zero-order valence-corrected chi connectivity index (χ0v) is 5.18. The third-order valence-corrected chi connectivity index (χ3v) is 1.23. The van der Waals surface area contributed by atoms with Gasteiger partial charge >= 0.3 is 0 Å². The molecule has 40 valence electrons. The molecule has 0 aromatic carbocycles. The molecule has 0 fully saturated rings. The highest BCUT2D eigenvalue weighted by molar-refractivity contribution is 6.43. The predicted octanol–water partition coefficient (Wildman–Crippen LogP) is -0.612. The monoisotopic (exact) mass is 126 g/mol. The molecule has 0 radical (unpaired) electrons. The highest BCUT2D eigenvalue weighted by atomic mass is 35.5. The third-order valence-electron chi connectivity index (χ3n) is 0.831. The van der Waals surface area contributed by atoms with Crippen LogP contribution in [-0.2, 0) is 0 Å². The summed E-state index contributed by atoms with van der Waals surface area (Å²) in [6.45, 7) is 0. The summed E-state index contributed by atoms with van der Waals surface area (Å²) < 4.78 is 0. The van der Waals surface area contributed by atoms with E-state index < -0.39 is 0 Å². The minimum atomic E-state index is 0.528. The zero-order chi connectivity index (χ0) is 5.98. The van der Waals surface area contributed by atoms with E-state index in [9.17, 15) is 0 Å². The molecule has 0 aliphatic heterocycles. The lowest BCUT2D eigenvalue weighted by molar-refractivity contribution is 1.19. The fraction of sp³-hybridized carbons (Fsp3) is 0. The maximum absolute atomic E-state index is 5.56. The maximum atomic E-state index is 5.56. The van der Waals surface area contributed by atoms with Crippen molar-refractivity contribution in [1.82, 2.24) is 9.97 Å². The van der Waals surface area contributed by atoms with Crippen molar-refractivity contribution in [1.29, 1.82) is 0 Å². The third kappa shape index (κ3) is 0.982. The van der Waals surface area contributed by atoms with E-state index in [0.29, 0.717) is 5.15 Å². The lowest BCUT2D eigenvalue weighted by atomic mass is 10.0. The molecule has 0 saturated carbocycles. The van der Waals surface area contributed by atoms with Gasteiger partial charge in [-0.05, 0) is 5.46 Å². The first-order chi connectivity index (χ1) is 3.80. The Kier molecular flexibility index (Phi) is 1.49. The summed E-state index contributed by atoms with van der Waals surface area (Å²) in [5.74, 6) is 0. The van der Waals surface area contributed by atoms with Gasteiger partial charge in [0.25, 0.3) is 0 Å². The maximum Gasteiger partial charge on any atom is 0.145 e. The molecule has 0 bridgehead atoms. The number of nitrogens with zero attached hydrogens (tertiary/aromatic N) is 2. The Labute approximate surface area is 53.3 Å². The molecule has 0 saturated heterocycles. The molecule has 1 rings (SSSR count). The first-order valence-electron chi connectivity index (χ1n) is 2.23. The van der Waals surface area contributed by atoms with Gasteiger partial charge < -0.3 is 0 Å². The Morgan fingerprint density at radius 1 is 1.62 bits per heavy atom. The number of aromatic nitrogens is 2. The molecule has 1 aromatic rings. The molecule has 0 amide bonds. The van der Waals surface area contributed by atoms with Crippen LogP contribution in [0.25, 0.3) is 0 Å². The van der Waals surface area contributed by atoms with Gasteiger partial charge in [0.15, 0.2) is 0 Å². The second kappa shape index (κ2) is 2.14. The van der Waals surface area contributed by atoms with Crippen LogP contribution >= 0.6 is 11.6 Å². The summed E-state index contributed by atoms with van der Waals surface area (Å²) in [5, 5.41) is 0.528. The molecule has 1 aromatic heterocycles. The average Bonchev–Trinajstić information content (AvgIpc) is 1.77. The van der Waals surface area contributed by atoms with Crippen LogP contribution in [0.2, 0.25) is 5.15 Å². The Morgan fingerprint density at radius 3 is 2.75 bits per heavy atom. The molecule has 1 heterocycles. The summed E-state index contributed by atoms with van der Waals surface area (Å²) >= 11 is 5.56. The minimum absolute atomic E-state index is 0.528. The van der Waals surface area contributed by atoms with Gasteiger partial charge in [0.05, 0.1) is 0 Å². The number of hydrogen-bond acceptors (Lipinski definition) is 2. The van der Waals surface area contributed by atoms with E-state index in [1.807, 2.05) is 7.85 Å². The normalized spacial score (nSPS) is 9.12. The molecule has 0 atom stereocenters. The summed E-state index contributed by atoms with van der Waals surface area (Å²) in [5.41, 5.74) is 0.911. The Hall–Kier alpha value is -0.565. The van der Waals surface area contributed by atoms with Crippen LogP contribution < -0.4 is 5.46 Å². The molecular formula is C4H4BClN2. The van der Waals surface area contributed by atoms with Crippen molar-refractivity contribution in [3.8, 4) is 0 Å². The highest BCUT2D eigenvalue weighted by Gasteiger charge is 1.89. The smallest absolute Gasteiger partial charge is 0.145 e. The van der Waals surface area contributed by atoms with Gasteiger partial charge in [0.1, 0.15) is 19.3 Å². The van der Waals surface area contributed by atoms with Gasteiger partial charge in [-0.3, -0.25) is 0 Å². The Balaban J connectivity index is 3.13. The quantitative estimate of drug-likeness (QED) is 0.342. The molecular weight excluding hydrogens is 122 g/mol. The van der Waals surface area contributed by atoms with Gasteiger partial charge in [-0.15, -0.1) is 0 Å². The van der Waals surface area contributed by atoms with E-state index >= 15 is 0 Å². The molecule has 4 heteroatoms. The van der Waals surface area contributed by atoms with Crippen molar-refractivity contribution in [2.75, 3.05) is 0 Å². The summed E-state index contributed by atoms with van der Waals surface area (Å²) in [6.07, 6.45) is 3.10. The molecule has 0 unspecified atom stereocenters. The fourth-order valence-electron chi connectivity index (χ4n) is 0.384. The molecule has 2 nitrogen and oxygen atoms in total. The number of hydrogen-bond donors (Lipinski definition) is 0. The first-order valence-corrected chi connectivity index (χ1v) is 2.60. The van der Waals surface area contributed by atoms with E-state index in [1.165, 1.54) is 6.33 Å². The van der Waals surface area contributed by atoms with Crippen molar-refractivity contribution >= 4 is 24.9 Å². The second-order valence-electron chi connectivity index (χ2n) is 1.50. The first kappa shape index (κ1) is 5.57. The van der Waals surface area contributed by atoms with Crippen LogP contribution in [0.4, 0.5) is 0 Å². The second-order valence-corrected chi connectivity index (χ2v) is 1.85. The van der Waals surface area contributed by atoms with Crippen LogP contribution in [0.3, 0.4) is 0 Å². The van der Waals surface area contributed by atoms with Crippen LogP contribution in [0, 0.1) is 0 Å². The molecule has 8 heavy (non-hydrogen) atoms. The van der Waals surface area contributed by atoms with E-state index in [-0.39, 0.29) is 0 Å². The van der Waals surface area contributed by atoms with Gasteiger partial charge in [-0.25, -0.2) is 9.97 Å². The van der Waals surface area contributed by atoms with Crippen molar-refractivity contribution < 1.29 is 0 Å². The van der Waals surface area contributed by atoms with E-state index in [4.69, 9.17) is 11.6 Å². The Bertz CT molecular complexity index is 170. The van der Waals surface area contributed by atoms with Crippen LogP contribution in [0.5, 0.6) is 0 Å². The largest absolute Gasteiger partial charge is 0.245 e. The van der Waals surface area contributed by atoms with E-state index in [2.05, 4.69) is 9.97 Å². The van der Waals surface area contributed by atoms with Gasteiger partial charge in [-0.1, -0.05) is 11.6 Å². The molecule has 0 aliphatic rings. The number of rotatable bonds is 0. The van der Waals surface area contributed by atoms with Gasteiger partial charge in [0, 0.05) is 6.20 Å². The fourth-order valence-corrected chi connectivity index (χ4v) is 0.477. The van der Waals surface area contributed by atoms with Crippen LogP contribution in [0.15, 0.2) is 12.5 Å². The Morgan fingerprint density at radius 2 is 2.38 bits per heavy atom. The lowest BCUT2D eigenvalue weighted by Gasteiger charge is -1.89. The SMILES string of the molecule is Bc1cncnc1Cl. The van der Waals surface area contributed by atoms with Crippen molar-refractivity contribution in [2.45, 2.75) is 0 Å².